The van der Waals surface area contributed by atoms with Gasteiger partial charge in [0.2, 0.25) is 11.8 Å². The van der Waals surface area contributed by atoms with Gasteiger partial charge in [0.1, 0.15) is 0 Å². The summed E-state index contributed by atoms with van der Waals surface area (Å²) in [5.74, 6) is 0.0554. The van der Waals surface area contributed by atoms with Gasteiger partial charge < -0.3 is 15.5 Å². The monoisotopic (exact) mass is 283 g/mol. The Morgan fingerprint density at radius 2 is 2.10 bits per heavy atom. The number of carbonyl (C=O) groups is 2. The Morgan fingerprint density at radius 3 is 2.70 bits per heavy atom. The molecule has 0 radical (unpaired) electrons. The molecule has 0 aromatic rings. The zero-order valence-corrected chi connectivity index (χ0v) is 12.9. The van der Waals surface area contributed by atoms with Crippen molar-refractivity contribution in [1.82, 2.24) is 15.5 Å². The average Bonchev–Trinajstić information content (AvgIpc) is 2.95. The third-order valence-corrected chi connectivity index (χ3v) is 3.62. The molecule has 0 saturated carbocycles. The van der Waals surface area contributed by atoms with E-state index in [1.165, 1.54) is 6.42 Å². The number of nitrogens with zero attached hydrogens (tertiary/aromatic N) is 1. The van der Waals surface area contributed by atoms with E-state index < -0.39 is 0 Å². The molecular formula is C15H29N3O2. The van der Waals surface area contributed by atoms with Crippen molar-refractivity contribution in [3.63, 3.8) is 0 Å². The molecule has 0 aliphatic carbocycles. The first-order valence-electron chi connectivity index (χ1n) is 7.95. The molecule has 0 aromatic heterocycles. The van der Waals surface area contributed by atoms with E-state index in [1.807, 2.05) is 13.8 Å². The van der Waals surface area contributed by atoms with Gasteiger partial charge >= 0.3 is 0 Å². The van der Waals surface area contributed by atoms with Gasteiger partial charge in [0.15, 0.2) is 0 Å². The van der Waals surface area contributed by atoms with E-state index in [0.29, 0.717) is 25.6 Å². The van der Waals surface area contributed by atoms with Crippen molar-refractivity contribution >= 4 is 11.8 Å². The van der Waals surface area contributed by atoms with Gasteiger partial charge in [0.25, 0.3) is 0 Å². The van der Waals surface area contributed by atoms with Crippen molar-refractivity contribution in [2.45, 2.75) is 58.4 Å². The molecule has 1 atom stereocenters. The fourth-order valence-electron chi connectivity index (χ4n) is 2.51. The van der Waals surface area contributed by atoms with Gasteiger partial charge in [-0.05, 0) is 38.6 Å². The first-order valence-corrected chi connectivity index (χ1v) is 7.95. The molecule has 1 rings (SSSR count). The van der Waals surface area contributed by atoms with Crippen molar-refractivity contribution in [2.75, 3.05) is 26.2 Å². The lowest BCUT2D eigenvalue weighted by molar-refractivity contribution is -0.136. The fourth-order valence-corrected chi connectivity index (χ4v) is 2.51. The van der Waals surface area contributed by atoms with Crippen LogP contribution in [0, 0.1) is 0 Å². The molecule has 1 saturated heterocycles. The summed E-state index contributed by atoms with van der Waals surface area (Å²) in [6.45, 7) is 6.66. The summed E-state index contributed by atoms with van der Waals surface area (Å²) in [6, 6.07) is 0.483. The van der Waals surface area contributed by atoms with Crippen LogP contribution in [0.4, 0.5) is 0 Å². The van der Waals surface area contributed by atoms with Crippen molar-refractivity contribution in [2.24, 2.45) is 0 Å². The highest BCUT2D eigenvalue weighted by molar-refractivity contribution is 5.84. The van der Waals surface area contributed by atoms with Crippen LogP contribution in [0.25, 0.3) is 0 Å². The van der Waals surface area contributed by atoms with Crippen LogP contribution in [0.3, 0.4) is 0 Å². The van der Waals surface area contributed by atoms with Crippen LogP contribution in [0.15, 0.2) is 0 Å². The summed E-state index contributed by atoms with van der Waals surface area (Å²) >= 11 is 0. The highest BCUT2D eigenvalue weighted by atomic mass is 16.2. The van der Waals surface area contributed by atoms with Crippen LogP contribution in [0.2, 0.25) is 0 Å². The zero-order valence-electron chi connectivity index (χ0n) is 12.9. The smallest absolute Gasteiger partial charge is 0.239 e. The summed E-state index contributed by atoms with van der Waals surface area (Å²) < 4.78 is 0. The molecule has 1 aliphatic heterocycles. The number of nitrogens with one attached hydrogen (secondary N) is 2. The van der Waals surface area contributed by atoms with Crippen LogP contribution in [0.5, 0.6) is 0 Å². The molecule has 5 nitrogen and oxygen atoms in total. The number of rotatable bonds is 9. The van der Waals surface area contributed by atoms with Crippen LogP contribution in [0.1, 0.15) is 52.4 Å². The van der Waals surface area contributed by atoms with E-state index in [2.05, 4.69) is 10.6 Å². The van der Waals surface area contributed by atoms with Crippen LogP contribution in [-0.2, 0) is 9.59 Å². The van der Waals surface area contributed by atoms with Crippen molar-refractivity contribution in [3.8, 4) is 0 Å². The zero-order chi connectivity index (χ0) is 14.8. The second-order valence-corrected chi connectivity index (χ2v) is 5.50. The summed E-state index contributed by atoms with van der Waals surface area (Å²) in [6.07, 6.45) is 5.60. The number of carbonyl (C=O) groups excluding carboxylic acids is 2. The number of hydrogen-bond acceptors (Lipinski definition) is 3. The molecule has 1 heterocycles. The summed E-state index contributed by atoms with van der Waals surface area (Å²) in [5.41, 5.74) is 0. The molecule has 1 aliphatic rings. The Labute approximate surface area is 122 Å². The normalized spacial score (nSPS) is 18.0. The maximum Gasteiger partial charge on any atom is 0.239 e. The molecule has 116 valence electrons. The van der Waals surface area contributed by atoms with Crippen molar-refractivity contribution < 1.29 is 9.59 Å². The minimum absolute atomic E-state index is 0.0485. The molecule has 0 bridgehead atoms. The average molecular weight is 283 g/mol. The van der Waals surface area contributed by atoms with Gasteiger partial charge in [-0.25, -0.2) is 0 Å². The van der Waals surface area contributed by atoms with Crippen LogP contribution < -0.4 is 10.6 Å². The lowest BCUT2D eigenvalue weighted by Crippen LogP contribution is -2.41. The van der Waals surface area contributed by atoms with E-state index in [-0.39, 0.29) is 18.4 Å². The predicted molar refractivity (Wildman–Crippen MR) is 80.4 cm³/mol. The van der Waals surface area contributed by atoms with Gasteiger partial charge in [-0.3, -0.25) is 9.59 Å². The highest BCUT2D eigenvalue weighted by Crippen LogP contribution is 2.12. The van der Waals surface area contributed by atoms with Gasteiger partial charge in [0, 0.05) is 25.6 Å². The minimum Gasteiger partial charge on any atom is -0.355 e. The van der Waals surface area contributed by atoms with Crippen LogP contribution in [-0.4, -0.2) is 48.9 Å². The van der Waals surface area contributed by atoms with Gasteiger partial charge in [-0.2, -0.15) is 0 Å². The van der Waals surface area contributed by atoms with E-state index >= 15 is 0 Å². The van der Waals surface area contributed by atoms with Gasteiger partial charge in [-0.15, -0.1) is 0 Å². The fraction of sp³-hybridized carbons (Fsp3) is 0.867. The quantitative estimate of drug-likeness (QED) is 0.670. The minimum atomic E-state index is -0.0485. The lowest BCUT2D eigenvalue weighted by Gasteiger charge is -2.22. The second kappa shape index (κ2) is 9.75. The SMILES string of the molecule is CCCNC(=O)CN(CCC)C(=O)CCC1CCCN1. The van der Waals surface area contributed by atoms with E-state index in [1.54, 1.807) is 4.90 Å². The Kier molecular flexibility index (Phi) is 8.26. The Morgan fingerprint density at radius 1 is 1.30 bits per heavy atom. The van der Waals surface area contributed by atoms with Gasteiger partial charge in [-0.1, -0.05) is 13.8 Å². The standard InChI is InChI=1S/C15H29N3O2/c1-3-9-17-14(19)12-18(11-4-2)15(20)8-7-13-6-5-10-16-13/h13,16H,3-12H2,1-2H3,(H,17,19). The maximum absolute atomic E-state index is 12.2. The molecule has 0 aromatic carbocycles. The molecule has 2 amide bonds. The molecule has 1 fully saturated rings. The van der Waals surface area contributed by atoms with E-state index in [4.69, 9.17) is 0 Å². The Hall–Kier alpha value is -1.10. The van der Waals surface area contributed by atoms with Crippen molar-refractivity contribution in [3.05, 3.63) is 0 Å². The molecule has 5 heteroatoms. The molecule has 2 N–H and O–H groups in total. The van der Waals surface area contributed by atoms with Gasteiger partial charge in [0.05, 0.1) is 6.54 Å². The number of hydrogen-bond donors (Lipinski definition) is 2. The third kappa shape index (κ3) is 6.37. The molecule has 1 unspecified atom stereocenters. The maximum atomic E-state index is 12.2. The third-order valence-electron chi connectivity index (χ3n) is 3.62. The largest absolute Gasteiger partial charge is 0.355 e. The van der Waals surface area contributed by atoms with Crippen molar-refractivity contribution in [1.29, 1.82) is 0 Å². The van der Waals surface area contributed by atoms with E-state index in [9.17, 15) is 9.59 Å². The van der Waals surface area contributed by atoms with Crippen LogP contribution >= 0.6 is 0 Å². The second-order valence-electron chi connectivity index (χ2n) is 5.50. The number of amides is 2. The topological polar surface area (TPSA) is 61.4 Å². The first kappa shape index (κ1) is 17.0. The lowest BCUT2D eigenvalue weighted by atomic mass is 10.1. The summed E-state index contributed by atoms with van der Waals surface area (Å²) in [5, 5.41) is 6.23. The Bertz CT molecular complexity index is 301. The predicted octanol–water partition coefficient (Wildman–Crippen LogP) is 1.28. The highest BCUT2D eigenvalue weighted by Gasteiger charge is 2.19. The Balaban J connectivity index is 2.34. The first-order chi connectivity index (χ1) is 9.67. The van der Waals surface area contributed by atoms with E-state index in [0.717, 1.165) is 32.2 Å². The summed E-state index contributed by atoms with van der Waals surface area (Å²) in [7, 11) is 0. The molecule has 20 heavy (non-hydrogen) atoms. The molecular weight excluding hydrogens is 254 g/mol. The molecule has 0 spiro atoms. The summed E-state index contributed by atoms with van der Waals surface area (Å²) in [4.78, 5) is 25.6.